The first-order valence-electron chi connectivity index (χ1n) is 6.62. The summed E-state index contributed by atoms with van der Waals surface area (Å²) in [7, 11) is 1.55. The van der Waals surface area contributed by atoms with Crippen LogP contribution in [0.5, 0.6) is 0 Å². The molecule has 1 saturated heterocycles. The van der Waals surface area contributed by atoms with Crippen molar-refractivity contribution in [3.63, 3.8) is 0 Å². The van der Waals surface area contributed by atoms with E-state index in [1.54, 1.807) is 19.2 Å². The minimum Gasteiger partial charge on any atom is -0.481 e. The average molecular weight is 278 g/mol. The van der Waals surface area contributed by atoms with Gasteiger partial charge in [0.05, 0.1) is 0 Å². The number of nitrogens with zero attached hydrogens (tertiary/aromatic N) is 3. The summed E-state index contributed by atoms with van der Waals surface area (Å²) in [6.45, 7) is 1.54. The lowest BCUT2D eigenvalue weighted by Gasteiger charge is -2.31. The first kappa shape index (κ1) is 14.2. The van der Waals surface area contributed by atoms with Crippen LogP contribution < -0.4 is 10.2 Å². The zero-order valence-electron chi connectivity index (χ0n) is 11.4. The van der Waals surface area contributed by atoms with Crippen molar-refractivity contribution < 1.29 is 14.7 Å². The number of carboxylic acids is 1. The number of nitrogens with one attached hydrogen (secondary N) is 1. The van der Waals surface area contributed by atoms with Gasteiger partial charge in [-0.15, -0.1) is 10.2 Å². The first-order valence-corrected chi connectivity index (χ1v) is 6.62. The quantitative estimate of drug-likeness (QED) is 0.834. The Bertz CT molecular complexity index is 481. The second-order valence-corrected chi connectivity index (χ2v) is 4.88. The monoisotopic (exact) mass is 278 g/mol. The summed E-state index contributed by atoms with van der Waals surface area (Å²) in [4.78, 5) is 24.1. The zero-order chi connectivity index (χ0) is 14.5. The molecule has 2 N–H and O–H groups in total. The van der Waals surface area contributed by atoms with Gasteiger partial charge < -0.3 is 15.3 Å². The van der Waals surface area contributed by atoms with Crippen molar-refractivity contribution in [1.82, 2.24) is 15.5 Å². The van der Waals surface area contributed by atoms with Crippen molar-refractivity contribution >= 4 is 17.7 Å². The Balaban J connectivity index is 1.93. The molecule has 1 fully saturated rings. The van der Waals surface area contributed by atoms with Crippen LogP contribution >= 0.6 is 0 Å². The van der Waals surface area contributed by atoms with Crippen molar-refractivity contribution in [3.8, 4) is 0 Å². The van der Waals surface area contributed by atoms with E-state index in [0.29, 0.717) is 0 Å². The van der Waals surface area contributed by atoms with Gasteiger partial charge in [0, 0.05) is 26.6 Å². The third-order valence-electron chi connectivity index (χ3n) is 3.51. The van der Waals surface area contributed by atoms with Gasteiger partial charge in [0.25, 0.3) is 5.91 Å². The Kier molecular flexibility index (Phi) is 4.49. The summed E-state index contributed by atoms with van der Waals surface area (Å²) in [6, 6.07) is 3.42. The summed E-state index contributed by atoms with van der Waals surface area (Å²) in [6.07, 6.45) is 1.91. The third kappa shape index (κ3) is 3.43. The number of carbonyl (C=O) groups excluding carboxylic acids is 1. The molecule has 2 rings (SSSR count). The molecule has 1 aromatic rings. The second-order valence-electron chi connectivity index (χ2n) is 4.88. The Morgan fingerprint density at radius 1 is 1.35 bits per heavy atom. The van der Waals surface area contributed by atoms with E-state index in [1.165, 1.54) is 0 Å². The zero-order valence-corrected chi connectivity index (χ0v) is 11.4. The number of piperidine rings is 1. The molecule has 0 aromatic carbocycles. The summed E-state index contributed by atoms with van der Waals surface area (Å²) in [5, 5.41) is 19.2. The highest BCUT2D eigenvalue weighted by Crippen LogP contribution is 2.23. The van der Waals surface area contributed by atoms with Crippen molar-refractivity contribution in [2.75, 3.05) is 25.0 Å². The van der Waals surface area contributed by atoms with Gasteiger partial charge in [-0.2, -0.15) is 0 Å². The van der Waals surface area contributed by atoms with Crippen LogP contribution in [0.1, 0.15) is 29.8 Å². The van der Waals surface area contributed by atoms with E-state index in [-0.39, 0.29) is 23.9 Å². The van der Waals surface area contributed by atoms with Gasteiger partial charge in [-0.25, -0.2) is 0 Å². The molecule has 20 heavy (non-hydrogen) atoms. The smallest absolute Gasteiger partial charge is 0.303 e. The normalized spacial score (nSPS) is 15.9. The number of aromatic nitrogens is 2. The van der Waals surface area contributed by atoms with Crippen LogP contribution in [-0.4, -0.2) is 47.3 Å². The van der Waals surface area contributed by atoms with Gasteiger partial charge in [-0.3, -0.25) is 9.59 Å². The number of hydrogen-bond donors (Lipinski definition) is 2. The lowest BCUT2D eigenvalue weighted by atomic mass is 9.94. The van der Waals surface area contributed by atoms with Crippen molar-refractivity contribution in [3.05, 3.63) is 17.8 Å². The minimum absolute atomic E-state index is 0.231. The number of carboxylic acid groups (broad SMARTS) is 1. The summed E-state index contributed by atoms with van der Waals surface area (Å²) in [5.74, 6) is -0.0318. The van der Waals surface area contributed by atoms with Gasteiger partial charge in [-0.05, 0) is 30.9 Å². The molecule has 0 saturated carbocycles. The lowest BCUT2D eigenvalue weighted by Crippen LogP contribution is -2.35. The van der Waals surface area contributed by atoms with Crippen LogP contribution in [-0.2, 0) is 4.79 Å². The van der Waals surface area contributed by atoms with Gasteiger partial charge in [0.1, 0.15) is 0 Å². The summed E-state index contributed by atoms with van der Waals surface area (Å²) >= 11 is 0. The molecule has 0 aliphatic carbocycles. The highest BCUT2D eigenvalue weighted by Gasteiger charge is 2.22. The number of anilines is 1. The predicted octanol–water partition coefficient (Wildman–Crippen LogP) is 0.527. The molecule has 108 valence electrons. The maximum absolute atomic E-state index is 11.4. The van der Waals surface area contributed by atoms with Crippen LogP contribution in [0.15, 0.2) is 12.1 Å². The largest absolute Gasteiger partial charge is 0.481 e. The molecular formula is C13H18N4O3. The standard InChI is InChI=1S/C13H18N4O3/c1-14-13(20)10-2-3-11(16-15-10)17-6-4-9(5-7-17)8-12(18)19/h2-3,9H,4-8H2,1H3,(H,14,20)(H,18,19). The molecule has 1 aromatic heterocycles. The maximum Gasteiger partial charge on any atom is 0.303 e. The Morgan fingerprint density at radius 2 is 2.05 bits per heavy atom. The Labute approximate surface area is 117 Å². The number of rotatable bonds is 4. The fourth-order valence-corrected chi connectivity index (χ4v) is 2.36. The van der Waals surface area contributed by atoms with Crippen molar-refractivity contribution in [1.29, 1.82) is 0 Å². The fourth-order valence-electron chi connectivity index (χ4n) is 2.36. The fraction of sp³-hybridized carbons (Fsp3) is 0.538. The van der Waals surface area contributed by atoms with E-state index in [4.69, 9.17) is 5.11 Å². The van der Waals surface area contributed by atoms with Gasteiger partial charge in [0.2, 0.25) is 0 Å². The summed E-state index contributed by atoms with van der Waals surface area (Å²) in [5.41, 5.74) is 0.289. The molecule has 1 aliphatic heterocycles. The van der Waals surface area contributed by atoms with Crippen molar-refractivity contribution in [2.45, 2.75) is 19.3 Å². The molecule has 7 heteroatoms. The highest BCUT2D eigenvalue weighted by molar-refractivity contribution is 5.91. The Morgan fingerprint density at radius 3 is 2.55 bits per heavy atom. The predicted molar refractivity (Wildman–Crippen MR) is 72.6 cm³/mol. The molecule has 0 atom stereocenters. The van der Waals surface area contributed by atoms with Gasteiger partial charge in [0.15, 0.2) is 11.5 Å². The number of aliphatic carboxylic acids is 1. The van der Waals surface area contributed by atoms with Crippen LogP contribution in [0.25, 0.3) is 0 Å². The van der Waals surface area contributed by atoms with Gasteiger partial charge >= 0.3 is 5.97 Å². The number of hydrogen-bond acceptors (Lipinski definition) is 5. The lowest BCUT2D eigenvalue weighted by molar-refractivity contribution is -0.138. The van der Waals surface area contributed by atoms with Gasteiger partial charge in [-0.1, -0.05) is 0 Å². The molecule has 2 heterocycles. The number of carbonyl (C=O) groups is 2. The molecule has 0 spiro atoms. The second kappa shape index (κ2) is 6.31. The van der Waals surface area contributed by atoms with E-state index >= 15 is 0 Å². The van der Waals surface area contributed by atoms with E-state index in [1.807, 2.05) is 0 Å². The van der Waals surface area contributed by atoms with E-state index < -0.39 is 5.97 Å². The minimum atomic E-state index is -0.738. The van der Waals surface area contributed by atoms with Crippen LogP contribution in [0.3, 0.4) is 0 Å². The molecule has 0 radical (unpaired) electrons. The van der Waals surface area contributed by atoms with Crippen molar-refractivity contribution in [2.24, 2.45) is 5.92 Å². The first-order chi connectivity index (χ1) is 9.60. The van der Waals surface area contributed by atoms with E-state index in [9.17, 15) is 9.59 Å². The Hall–Kier alpha value is -2.18. The summed E-state index contributed by atoms with van der Waals surface area (Å²) < 4.78 is 0. The van der Waals surface area contributed by atoms with Crippen LogP contribution in [0, 0.1) is 5.92 Å². The third-order valence-corrected chi connectivity index (χ3v) is 3.51. The molecule has 7 nitrogen and oxygen atoms in total. The van der Waals surface area contributed by atoms with Crippen LogP contribution in [0.4, 0.5) is 5.82 Å². The molecule has 0 bridgehead atoms. The van der Waals surface area contributed by atoms with E-state index in [2.05, 4.69) is 20.4 Å². The topological polar surface area (TPSA) is 95.4 Å². The molecule has 1 amide bonds. The SMILES string of the molecule is CNC(=O)c1ccc(N2CCC(CC(=O)O)CC2)nn1. The molecular weight excluding hydrogens is 260 g/mol. The molecule has 1 aliphatic rings. The van der Waals surface area contributed by atoms with E-state index in [0.717, 1.165) is 31.7 Å². The highest BCUT2D eigenvalue weighted by atomic mass is 16.4. The average Bonchev–Trinajstić information content (AvgIpc) is 2.47. The number of amides is 1. The van der Waals surface area contributed by atoms with Crippen LogP contribution in [0.2, 0.25) is 0 Å². The molecule has 0 unspecified atom stereocenters. The maximum atomic E-state index is 11.4.